The van der Waals surface area contributed by atoms with E-state index in [1.807, 2.05) is 10.8 Å². The highest BCUT2D eigenvalue weighted by atomic mass is 19.1. The Labute approximate surface area is 167 Å². The summed E-state index contributed by atoms with van der Waals surface area (Å²) in [5.74, 6) is -0.814. The van der Waals surface area contributed by atoms with E-state index in [1.165, 1.54) is 24.3 Å². The van der Waals surface area contributed by atoms with Crippen LogP contribution in [0.2, 0.25) is 0 Å². The van der Waals surface area contributed by atoms with E-state index in [-0.39, 0.29) is 17.7 Å². The number of aromatic nitrogens is 2. The SMILES string of the molecule is Fc1ccc(CCC2(Cn3ccnc3)OCC(COc3ccc(F)cc3)O2)cc1. The summed E-state index contributed by atoms with van der Waals surface area (Å²) < 4.78 is 46.2. The van der Waals surface area contributed by atoms with Crippen LogP contribution in [-0.4, -0.2) is 34.7 Å². The van der Waals surface area contributed by atoms with Crippen molar-refractivity contribution in [1.29, 1.82) is 0 Å². The Morgan fingerprint density at radius 2 is 1.79 bits per heavy atom. The van der Waals surface area contributed by atoms with Gasteiger partial charge in [0, 0.05) is 18.8 Å². The number of halogens is 2. The van der Waals surface area contributed by atoms with Gasteiger partial charge in [-0.15, -0.1) is 0 Å². The maximum absolute atomic E-state index is 13.2. The first-order valence-electron chi connectivity index (χ1n) is 9.51. The van der Waals surface area contributed by atoms with Crippen LogP contribution >= 0.6 is 0 Å². The molecule has 29 heavy (non-hydrogen) atoms. The highest BCUT2D eigenvalue weighted by Crippen LogP contribution is 2.31. The van der Waals surface area contributed by atoms with Crippen LogP contribution in [0.4, 0.5) is 8.78 Å². The fourth-order valence-corrected chi connectivity index (χ4v) is 3.36. The molecule has 2 unspecified atom stereocenters. The quantitative estimate of drug-likeness (QED) is 0.574. The molecule has 0 amide bonds. The van der Waals surface area contributed by atoms with E-state index in [2.05, 4.69) is 4.98 Å². The van der Waals surface area contributed by atoms with E-state index in [0.29, 0.717) is 38.3 Å². The summed E-state index contributed by atoms with van der Waals surface area (Å²) in [6, 6.07) is 12.3. The molecule has 4 rings (SSSR count). The number of hydrogen-bond acceptors (Lipinski definition) is 4. The molecule has 2 heterocycles. The van der Waals surface area contributed by atoms with Gasteiger partial charge >= 0.3 is 0 Å². The maximum Gasteiger partial charge on any atom is 0.187 e. The van der Waals surface area contributed by atoms with Gasteiger partial charge < -0.3 is 18.8 Å². The zero-order valence-electron chi connectivity index (χ0n) is 15.8. The third kappa shape index (κ3) is 5.19. The summed E-state index contributed by atoms with van der Waals surface area (Å²) in [7, 11) is 0. The smallest absolute Gasteiger partial charge is 0.187 e. The summed E-state index contributed by atoms with van der Waals surface area (Å²) in [6.45, 7) is 1.18. The van der Waals surface area contributed by atoms with Gasteiger partial charge in [0.1, 0.15) is 30.1 Å². The van der Waals surface area contributed by atoms with Crippen molar-refractivity contribution in [3.05, 3.63) is 84.4 Å². The number of hydrogen-bond donors (Lipinski definition) is 0. The summed E-state index contributed by atoms with van der Waals surface area (Å²) >= 11 is 0. The minimum atomic E-state index is -0.827. The zero-order valence-corrected chi connectivity index (χ0v) is 15.8. The van der Waals surface area contributed by atoms with Gasteiger partial charge in [-0.05, 0) is 48.4 Å². The number of aryl methyl sites for hydroxylation is 1. The van der Waals surface area contributed by atoms with E-state index < -0.39 is 5.79 Å². The largest absolute Gasteiger partial charge is 0.491 e. The van der Waals surface area contributed by atoms with Gasteiger partial charge in [0.25, 0.3) is 0 Å². The first-order valence-corrected chi connectivity index (χ1v) is 9.51. The zero-order chi connectivity index (χ0) is 20.1. The average Bonchev–Trinajstić information content (AvgIpc) is 3.38. The average molecular weight is 400 g/mol. The van der Waals surface area contributed by atoms with E-state index in [9.17, 15) is 8.78 Å². The molecule has 1 aliphatic heterocycles. The van der Waals surface area contributed by atoms with Gasteiger partial charge in [-0.25, -0.2) is 13.8 Å². The lowest BCUT2D eigenvalue weighted by molar-refractivity contribution is -0.184. The lowest BCUT2D eigenvalue weighted by Gasteiger charge is -2.28. The first-order chi connectivity index (χ1) is 14.1. The Balaban J connectivity index is 1.40. The summed E-state index contributed by atoms with van der Waals surface area (Å²) in [5.41, 5.74) is 1.01. The Kier molecular flexibility index (Phi) is 5.87. The van der Waals surface area contributed by atoms with Crippen molar-refractivity contribution in [2.45, 2.75) is 31.3 Å². The van der Waals surface area contributed by atoms with Crippen molar-refractivity contribution in [3.63, 3.8) is 0 Å². The second-order valence-corrected chi connectivity index (χ2v) is 7.09. The molecule has 0 spiro atoms. The van der Waals surface area contributed by atoms with Crippen molar-refractivity contribution in [2.75, 3.05) is 13.2 Å². The standard InChI is InChI=1S/C22H22F2N2O3/c23-18-3-1-17(2-4-18)9-10-22(15-26-12-11-25-16-26)28-14-21(29-22)13-27-20-7-5-19(24)6-8-20/h1-8,11-12,16,21H,9-10,13-15H2. The minimum absolute atomic E-state index is 0.253. The molecule has 0 aliphatic carbocycles. The van der Waals surface area contributed by atoms with Crippen LogP contribution in [0.25, 0.3) is 0 Å². The molecule has 0 radical (unpaired) electrons. The van der Waals surface area contributed by atoms with E-state index in [1.54, 1.807) is 36.8 Å². The topological polar surface area (TPSA) is 45.5 Å². The van der Waals surface area contributed by atoms with Crippen LogP contribution in [0.3, 0.4) is 0 Å². The summed E-state index contributed by atoms with van der Waals surface area (Å²) in [6.07, 6.45) is 6.31. The summed E-state index contributed by atoms with van der Waals surface area (Å²) in [4.78, 5) is 4.08. The van der Waals surface area contributed by atoms with Crippen LogP contribution < -0.4 is 4.74 Å². The molecular formula is C22H22F2N2O3. The maximum atomic E-state index is 13.2. The second-order valence-electron chi connectivity index (χ2n) is 7.09. The van der Waals surface area contributed by atoms with Gasteiger partial charge in [-0.1, -0.05) is 12.1 Å². The van der Waals surface area contributed by atoms with E-state index >= 15 is 0 Å². The minimum Gasteiger partial charge on any atom is -0.491 e. The molecule has 3 aromatic rings. The van der Waals surface area contributed by atoms with Crippen LogP contribution in [0.5, 0.6) is 5.75 Å². The first kappa shape index (κ1) is 19.5. The molecule has 5 nitrogen and oxygen atoms in total. The van der Waals surface area contributed by atoms with Crippen molar-refractivity contribution in [3.8, 4) is 5.75 Å². The number of benzene rings is 2. The Bertz CT molecular complexity index is 901. The normalized spacial score (nSPS) is 21.4. The lowest BCUT2D eigenvalue weighted by atomic mass is 10.0. The molecule has 152 valence electrons. The number of ether oxygens (including phenoxy) is 3. The molecule has 1 aromatic heterocycles. The van der Waals surface area contributed by atoms with Crippen LogP contribution in [0.1, 0.15) is 12.0 Å². The van der Waals surface area contributed by atoms with E-state index in [4.69, 9.17) is 14.2 Å². The molecule has 0 saturated carbocycles. The van der Waals surface area contributed by atoms with Gasteiger partial charge in [0.2, 0.25) is 0 Å². The Morgan fingerprint density at radius 1 is 1.07 bits per heavy atom. The monoisotopic (exact) mass is 400 g/mol. The molecule has 1 saturated heterocycles. The van der Waals surface area contributed by atoms with Crippen molar-refractivity contribution in [2.24, 2.45) is 0 Å². The Hall–Kier alpha value is -2.77. The van der Waals surface area contributed by atoms with Gasteiger partial charge in [-0.2, -0.15) is 0 Å². The van der Waals surface area contributed by atoms with Crippen LogP contribution in [0, 0.1) is 11.6 Å². The fraction of sp³-hybridized carbons (Fsp3) is 0.318. The van der Waals surface area contributed by atoms with Crippen LogP contribution in [-0.2, 0) is 22.4 Å². The number of imidazole rings is 1. The highest BCUT2D eigenvalue weighted by Gasteiger charge is 2.42. The molecule has 7 heteroatoms. The predicted molar refractivity (Wildman–Crippen MR) is 102 cm³/mol. The lowest BCUT2D eigenvalue weighted by Crippen LogP contribution is -2.37. The number of nitrogens with zero attached hydrogens (tertiary/aromatic N) is 2. The van der Waals surface area contributed by atoms with E-state index in [0.717, 1.165) is 5.56 Å². The number of rotatable bonds is 8. The van der Waals surface area contributed by atoms with Gasteiger partial charge in [0.05, 0.1) is 19.5 Å². The van der Waals surface area contributed by atoms with Crippen molar-refractivity contribution in [1.82, 2.24) is 9.55 Å². The highest BCUT2D eigenvalue weighted by molar-refractivity contribution is 5.22. The summed E-state index contributed by atoms with van der Waals surface area (Å²) in [5, 5.41) is 0. The molecule has 1 aliphatic rings. The molecular weight excluding hydrogens is 378 g/mol. The molecule has 0 bridgehead atoms. The fourth-order valence-electron chi connectivity index (χ4n) is 3.36. The van der Waals surface area contributed by atoms with Gasteiger partial charge in [0.15, 0.2) is 5.79 Å². The third-order valence-electron chi connectivity index (χ3n) is 4.85. The van der Waals surface area contributed by atoms with Crippen LogP contribution in [0.15, 0.2) is 67.3 Å². The second kappa shape index (κ2) is 8.71. The Morgan fingerprint density at radius 3 is 2.48 bits per heavy atom. The third-order valence-corrected chi connectivity index (χ3v) is 4.85. The molecule has 2 atom stereocenters. The molecule has 2 aromatic carbocycles. The van der Waals surface area contributed by atoms with Crippen molar-refractivity contribution >= 4 is 0 Å². The van der Waals surface area contributed by atoms with Crippen molar-refractivity contribution < 1.29 is 23.0 Å². The van der Waals surface area contributed by atoms with Gasteiger partial charge in [-0.3, -0.25) is 0 Å². The molecule has 0 N–H and O–H groups in total. The predicted octanol–water partition coefficient (Wildman–Crippen LogP) is 3.98. The molecule has 1 fully saturated rings.